The third-order valence-electron chi connectivity index (χ3n) is 4.83. The average Bonchev–Trinajstić information content (AvgIpc) is 2.87. The van der Waals surface area contributed by atoms with Crippen LogP contribution in [0.1, 0.15) is 21.5 Å². The Bertz CT molecular complexity index is 1540. The normalized spacial score (nSPS) is 10.8. The number of aromatic nitrogens is 2. The number of hydrogen-bond acceptors (Lipinski definition) is 7. The van der Waals surface area contributed by atoms with Gasteiger partial charge in [0.25, 0.3) is 10.0 Å². The van der Waals surface area contributed by atoms with Gasteiger partial charge < -0.3 is 9.47 Å². The molecule has 4 aromatic rings. The van der Waals surface area contributed by atoms with E-state index in [9.17, 15) is 13.2 Å². The van der Waals surface area contributed by atoms with Crippen molar-refractivity contribution in [1.29, 1.82) is 0 Å². The van der Waals surface area contributed by atoms with E-state index in [4.69, 9.17) is 4.74 Å². The number of para-hydroxylation sites is 1. The Labute approximate surface area is 196 Å². The second-order valence-corrected chi connectivity index (χ2v) is 8.72. The Morgan fingerprint density at radius 3 is 2.44 bits per heavy atom. The molecule has 8 nitrogen and oxygen atoms in total. The summed E-state index contributed by atoms with van der Waals surface area (Å²) < 4.78 is 38.4. The third-order valence-corrected chi connectivity index (χ3v) is 6.19. The number of benzene rings is 3. The minimum atomic E-state index is -3.91. The molecule has 0 aliphatic carbocycles. The van der Waals surface area contributed by atoms with Gasteiger partial charge in [-0.3, -0.25) is 4.72 Å². The lowest BCUT2D eigenvalue weighted by Gasteiger charge is -2.10. The summed E-state index contributed by atoms with van der Waals surface area (Å²) in [5, 5.41) is 0. The molecule has 0 saturated heterocycles. The Morgan fingerprint density at radius 2 is 1.71 bits per heavy atom. The van der Waals surface area contributed by atoms with Crippen molar-refractivity contribution < 1.29 is 22.7 Å². The molecule has 3 aromatic carbocycles. The first-order valence-corrected chi connectivity index (χ1v) is 11.5. The molecule has 1 heterocycles. The molecule has 1 N–H and O–H groups in total. The van der Waals surface area contributed by atoms with Gasteiger partial charge >= 0.3 is 5.97 Å². The second-order valence-electron chi connectivity index (χ2n) is 7.03. The second kappa shape index (κ2) is 9.60. The number of nitrogens with one attached hydrogen (secondary N) is 1. The molecule has 0 bridgehead atoms. The van der Waals surface area contributed by atoms with Crippen LogP contribution in [-0.2, 0) is 14.8 Å². The van der Waals surface area contributed by atoms with Crippen LogP contribution >= 0.6 is 0 Å². The molecule has 170 valence electrons. The van der Waals surface area contributed by atoms with Crippen molar-refractivity contribution in [3.05, 3.63) is 89.6 Å². The predicted octanol–water partition coefficient (Wildman–Crippen LogP) is 3.63. The molecule has 0 aliphatic rings. The molecule has 1 aromatic heterocycles. The van der Waals surface area contributed by atoms with Crippen LogP contribution in [0.4, 0.5) is 5.69 Å². The van der Waals surface area contributed by atoms with Crippen molar-refractivity contribution >= 4 is 32.7 Å². The van der Waals surface area contributed by atoms with Crippen LogP contribution in [0.25, 0.3) is 11.0 Å². The fourth-order valence-corrected chi connectivity index (χ4v) is 4.17. The number of carbonyl (C=O) groups excluding carboxylic acids is 1. The zero-order chi connectivity index (χ0) is 24.1. The van der Waals surface area contributed by atoms with Crippen LogP contribution in [0.15, 0.2) is 77.8 Å². The third kappa shape index (κ3) is 4.98. The van der Waals surface area contributed by atoms with E-state index >= 15 is 0 Å². The molecule has 0 fully saturated rings. The van der Waals surface area contributed by atoms with Crippen LogP contribution in [-0.4, -0.2) is 38.6 Å². The van der Waals surface area contributed by atoms with E-state index in [2.05, 4.69) is 31.3 Å². The molecule has 0 aliphatic heterocycles. The molecule has 0 atom stereocenters. The summed E-state index contributed by atoms with van der Waals surface area (Å²) in [6, 6.07) is 17.9. The minimum Gasteiger partial charge on any atom is -0.480 e. The van der Waals surface area contributed by atoms with E-state index < -0.39 is 16.0 Å². The first kappa shape index (κ1) is 22.8. The van der Waals surface area contributed by atoms with Crippen molar-refractivity contribution in [2.24, 2.45) is 0 Å². The number of nitrogens with zero attached hydrogens (tertiary/aromatic N) is 2. The summed E-state index contributed by atoms with van der Waals surface area (Å²) >= 11 is 0. The molecule has 0 saturated carbocycles. The molecule has 0 spiro atoms. The number of carbonyl (C=O) groups is 1. The molecule has 0 unspecified atom stereocenters. The predicted molar refractivity (Wildman–Crippen MR) is 127 cm³/mol. The summed E-state index contributed by atoms with van der Waals surface area (Å²) in [7, 11) is -1.11. The van der Waals surface area contributed by atoms with Gasteiger partial charge in [-0.1, -0.05) is 24.0 Å². The van der Waals surface area contributed by atoms with Crippen molar-refractivity contribution in [3.63, 3.8) is 0 Å². The molecule has 9 heteroatoms. The van der Waals surface area contributed by atoms with Gasteiger partial charge in [-0.2, -0.15) is 0 Å². The van der Waals surface area contributed by atoms with E-state index in [1.54, 1.807) is 54.6 Å². The first-order valence-electron chi connectivity index (χ1n) is 10.0. The molecular weight excluding hydrogens is 454 g/mol. The highest BCUT2D eigenvalue weighted by molar-refractivity contribution is 7.92. The first-order chi connectivity index (χ1) is 16.4. The van der Waals surface area contributed by atoms with Gasteiger partial charge in [0.15, 0.2) is 0 Å². The van der Waals surface area contributed by atoms with E-state index in [1.165, 1.54) is 32.5 Å². The Balaban J connectivity index is 1.60. The van der Waals surface area contributed by atoms with Crippen LogP contribution in [0, 0.1) is 11.8 Å². The van der Waals surface area contributed by atoms with Gasteiger partial charge in [-0.15, -0.1) is 0 Å². The lowest BCUT2D eigenvalue weighted by molar-refractivity contribution is 0.0600. The number of anilines is 1. The van der Waals surface area contributed by atoms with E-state index in [-0.39, 0.29) is 4.90 Å². The van der Waals surface area contributed by atoms with Crippen LogP contribution in [0.5, 0.6) is 5.88 Å². The summed E-state index contributed by atoms with van der Waals surface area (Å²) in [6.07, 6.45) is 1.43. The smallest absolute Gasteiger partial charge is 0.337 e. The number of esters is 1. The standard InChI is InChI=1S/C25H19N3O5S/c1-32-24-16-26-23-15-20(13-14-22(23)27-24)34(30,31)28-21-6-4-3-5-18(21)10-7-17-8-11-19(12-9-17)25(29)33-2/h3-6,8-9,11-16,28H,1-2H3. The molecule has 0 radical (unpaired) electrons. The highest BCUT2D eigenvalue weighted by Crippen LogP contribution is 2.22. The quantitative estimate of drug-likeness (QED) is 0.348. The summed E-state index contributed by atoms with van der Waals surface area (Å²) in [4.78, 5) is 20.1. The monoisotopic (exact) mass is 473 g/mol. The van der Waals surface area contributed by atoms with E-state index in [1.807, 2.05) is 0 Å². The van der Waals surface area contributed by atoms with Crippen molar-refractivity contribution in [2.45, 2.75) is 4.90 Å². The van der Waals surface area contributed by atoms with E-state index in [0.717, 1.165) is 0 Å². The number of fused-ring (bicyclic) bond motifs is 1. The molecular formula is C25H19N3O5S. The van der Waals surface area contributed by atoms with Gasteiger partial charge in [-0.05, 0) is 54.6 Å². The largest absolute Gasteiger partial charge is 0.480 e. The summed E-state index contributed by atoms with van der Waals surface area (Å²) in [5.41, 5.74) is 2.85. The average molecular weight is 474 g/mol. The fraction of sp³-hybridized carbons (Fsp3) is 0.0800. The number of hydrogen-bond donors (Lipinski definition) is 1. The van der Waals surface area contributed by atoms with Gasteiger partial charge in [0, 0.05) is 11.1 Å². The SMILES string of the molecule is COC(=O)c1ccc(C#Cc2ccccc2NS(=O)(=O)c2ccc3nc(OC)cnc3c2)cc1. The molecule has 0 amide bonds. The van der Waals surface area contributed by atoms with Crippen LogP contribution in [0.3, 0.4) is 0 Å². The number of methoxy groups -OCH3 is 2. The van der Waals surface area contributed by atoms with Crippen LogP contribution in [0.2, 0.25) is 0 Å². The highest BCUT2D eigenvalue weighted by atomic mass is 32.2. The Kier molecular flexibility index (Phi) is 6.43. The maximum absolute atomic E-state index is 13.0. The fourth-order valence-electron chi connectivity index (χ4n) is 3.07. The van der Waals surface area contributed by atoms with Gasteiger partial charge in [0.05, 0.1) is 47.6 Å². The number of ether oxygens (including phenoxy) is 2. The molecule has 4 rings (SSSR count). The van der Waals surface area contributed by atoms with E-state index in [0.29, 0.717) is 39.3 Å². The van der Waals surface area contributed by atoms with Crippen molar-refractivity contribution in [3.8, 4) is 17.7 Å². The topological polar surface area (TPSA) is 107 Å². The van der Waals surface area contributed by atoms with Gasteiger partial charge in [0.1, 0.15) is 0 Å². The lowest BCUT2D eigenvalue weighted by Crippen LogP contribution is -2.14. The number of sulfonamides is 1. The van der Waals surface area contributed by atoms with Gasteiger partial charge in [0.2, 0.25) is 5.88 Å². The van der Waals surface area contributed by atoms with Gasteiger partial charge in [-0.25, -0.2) is 23.2 Å². The maximum atomic E-state index is 13.0. The zero-order valence-corrected chi connectivity index (χ0v) is 19.1. The maximum Gasteiger partial charge on any atom is 0.337 e. The lowest BCUT2D eigenvalue weighted by atomic mass is 10.1. The minimum absolute atomic E-state index is 0.0422. The zero-order valence-electron chi connectivity index (χ0n) is 18.3. The highest BCUT2D eigenvalue weighted by Gasteiger charge is 2.17. The Morgan fingerprint density at radius 1 is 0.941 bits per heavy atom. The van der Waals surface area contributed by atoms with Crippen molar-refractivity contribution in [2.75, 3.05) is 18.9 Å². The summed E-state index contributed by atoms with van der Waals surface area (Å²) in [6.45, 7) is 0. The van der Waals surface area contributed by atoms with Crippen LogP contribution < -0.4 is 9.46 Å². The van der Waals surface area contributed by atoms with Crippen molar-refractivity contribution in [1.82, 2.24) is 9.97 Å². The number of rotatable bonds is 5. The summed E-state index contributed by atoms with van der Waals surface area (Å²) in [5.74, 6) is 5.87. The Hall–Kier alpha value is -4.42. The molecule has 34 heavy (non-hydrogen) atoms.